The van der Waals surface area contributed by atoms with Gasteiger partial charge in [0.05, 0.1) is 20.4 Å². The zero-order valence-corrected chi connectivity index (χ0v) is 21.8. The Kier molecular flexibility index (Phi) is 8.05. The van der Waals surface area contributed by atoms with Crippen LogP contribution in [0.4, 0.5) is 5.82 Å². The number of nitrogen functional groups attached to an aromatic ring is 1. The van der Waals surface area contributed by atoms with Crippen LogP contribution in [-0.4, -0.2) is 86.5 Å². The van der Waals surface area contributed by atoms with Crippen molar-refractivity contribution in [3.63, 3.8) is 0 Å². The van der Waals surface area contributed by atoms with Crippen molar-refractivity contribution in [1.82, 2.24) is 19.5 Å². The molecule has 2 aliphatic heterocycles. The normalized spacial score (nSPS) is 29.8. The van der Waals surface area contributed by atoms with Crippen molar-refractivity contribution in [2.24, 2.45) is 0 Å². The first-order chi connectivity index (χ1) is 16.7. The van der Waals surface area contributed by atoms with Crippen molar-refractivity contribution in [2.45, 2.75) is 36.2 Å². The molecule has 2 aromatic heterocycles. The predicted octanol–water partition coefficient (Wildman–Crippen LogP) is 0.261. The molecule has 36 heavy (non-hydrogen) atoms. The van der Waals surface area contributed by atoms with Gasteiger partial charge in [0.2, 0.25) is 0 Å². The first kappa shape index (κ1) is 28.1. The molecule has 23 heteroatoms. The minimum absolute atomic E-state index is 0.142. The van der Waals surface area contributed by atoms with Crippen molar-refractivity contribution >= 4 is 59.4 Å². The summed E-state index contributed by atoms with van der Waals surface area (Å²) < 4.78 is 71.3. The Morgan fingerprint density at radius 3 is 2.50 bits per heavy atom. The first-order valence-electron chi connectivity index (χ1n) is 9.59. The van der Waals surface area contributed by atoms with Gasteiger partial charge in [-0.1, -0.05) is 11.8 Å². The predicted molar refractivity (Wildman–Crippen MR) is 119 cm³/mol. The van der Waals surface area contributed by atoms with E-state index in [-0.39, 0.29) is 5.82 Å². The Morgan fingerprint density at radius 2 is 1.86 bits per heavy atom. The third-order valence-corrected chi connectivity index (χ3v) is 9.21. The molecule has 4 heterocycles. The summed E-state index contributed by atoms with van der Waals surface area (Å²) in [6, 6.07) is 0. The van der Waals surface area contributed by atoms with Gasteiger partial charge in [-0.3, -0.25) is 4.57 Å². The fourth-order valence-electron chi connectivity index (χ4n) is 3.46. The Hall–Kier alpha value is -0.945. The molecule has 0 aromatic carbocycles. The third-order valence-electron chi connectivity index (χ3n) is 4.74. The molecule has 0 bridgehead atoms. The van der Waals surface area contributed by atoms with Crippen molar-refractivity contribution < 1.29 is 60.5 Å². The second kappa shape index (κ2) is 10.3. The summed E-state index contributed by atoms with van der Waals surface area (Å²) >= 11 is 1.25. The highest BCUT2D eigenvalue weighted by Gasteiger charge is 2.54. The highest BCUT2D eigenvalue weighted by molar-refractivity contribution is 7.98. The first-order valence-corrected chi connectivity index (χ1v) is 15.5. The lowest BCUT2D eigenvalue weighted by atomic mass is 10.1. The Morgan fingerprint density at radius 1 is 1.17 bits per heavy atom. The monoisotopic (exact) mass is 589 g/mol. The number of aromatic nitrogens is 4. The van der Waals surface area contributed by atoms with Gasteiger partial charge in [-0.2, -0.15) is 4.31 Å². The van der Waals surface area contributed by atoms with E-state index in [9.17, 15) is 18.6 Å². The lowest BCUT2D eigenvalue weighted by Gasteiger charge is -2.29. The van der Waals surface area contributed by atoms with Gasteiger partial charge in [-0.15, -0.1) is 0 Å². The van der Waals surface area contributed by atoms with E-state index < -0.39 is 60.7 Å². The smallest absolute Gasteiger partial charge is 0.443 e. The average Bonchev–Trinajstić information content (AvgIpc) is 3.43. The molecular weight excluding hydrogens is 570 g/mol. The molecular formula is C13H19BN5O13P3S-. The van der Waals surface area contributed by atoms with E-state index in [0.29, 0.717) is 16.3 Å². The summed E-state index contributed by atoms with van der Waals surface area (Å²) in [6.45, 7) is -1.73. The highest BCUT2D eigenvalue weighted by Crippen LogP contribution is 2.66. The fourth-order valence-corrected chi connectivity index (χ4v) is 6.99. The molecule has 2 aliphatic rings. The zero-order chi connectivity index (χ0) is 26.5. The van der Waals surface area contributed by atoms with Crippen LogP contribution >= 0.6 is 34.9 Å². The molecule has 0 spiro atoms. The van der Waals surface area contributed by atoms with E-state index in [0.717, 1.165) is 0 Å². The van der Waals surface area contributed by atoms with Gasteiger partial charge < -0.3 is 56.0 Å². The van der Waals surface area contributed by atoms with Gasteiger partial charge in [0.1, 0.15) is 23.8 Å². The lowest BCUT2D eigenvalue weighted by Crippen LogP contribution is -2.31. The molecule has 3 unspecified atom stereocenters. The number of phosphoric acid groups is 2. The maximum Gasteiger partial charge on any atom is 0.485 e. The van der Waals surface area contributed by atoms with Crippen molar-refractivity contribution in [1.29, 1.82) is 0 Å². The van der Waals surface area contributed by atoms with Gasteiger partial charge in [0.15, 0.2) is 22.8 Å². The number of fused-ring (bicyclic) bond motifs is 2. The number of ether oxygens (including phenoxy) is 4. The van der Waals surface area contributed by atoms with Crippen LogP contribution < -0.4 is 5.73 Å². The van der Waals surface area contributed by atoms with Crippen LogP contribution in [0.3, 0.4) is 0 Å². The Bertz CT molecular complexity index is 1280. The van der Waals surface area contributed by atoms with Gasteiger partial charge in [0.25, 0.3) is 6.48 Å². The molecule has 3 radical (unpaired) electrons. The van der Waals surface area contributed by atoms with Crippen molar-refractivity contribution in [3.8, 4) is 0 Å². The van der Waals surface area contributed by atoms with E-state index in [2.05, 4.69) is 23.6 Å². The number of hydrogen-bond donors (Lipinski definition) is 4. The van der Waals surface area contributed by atoms with E-state index >= 15 is 0 Å². The van der Waals surface area contributed by atoms with Gasteiger partial charge in [-0.25, -0.2) is 28.4 Å². The molecule has 0 saturated carbocycles. The summed E-state index contributed by atoms with van der Waals surface area (Å²) in [5, 5.41) is 0.377. The summed E-state index contributed by atoms with van der Waals surface area (Å²) in [4.78, 5) is 39.5. The van der Waals surface area contributed by atoms with E-state index in [4.69, 9.17) is 46.6 Å². The molecule has 0 aliphatic carbocycles. The topological polar surface area (TPSA) is 246 Å². The Balaban J connectivity index is 1.54. The van der Waals surface area contributed by atoms with Crippen LogP contribution in [0.1, 0.15) is 6.23 Å². The number of imidazole rings is 1. The maximum absolute atomic E-state index is 12.3. The third kappa shape index (κ3) is 6.19. The van der Waals surface area contributed by atoms with Crippen LogP contribution in [0.2, 0.25) is 0 Å². The number of methoxy groups -OCH3 is 1. The SMILES string of the molecule is [B-]P(=O)(OC[C@H]1O[C@@H](n2cnc3c(N)nc(SC)nc32)[C@@H]2OC(OC)O[C@@H]21)OP(=O)(O)OP(=O)(O)O. The van der Waals surface area contributed by atoms with E-state index in [1.54, 1.807) is 6.26 Å². The average molecular weight is 589 g/mol. The minimum Gasteiger partial charge on any atom is -0.443 e. The molecule has 2 aromatic rings. The van der Waals surface area contributed by atoms with E-state index in [1.807, 2.05) is 0 Å². The molecule has 0 amide bonds. The maximum atomic E-state index is 12.3. The van der Waals surface area contributed by atoms with Crippen molar-refractivity contribution in [2.75, 3.05) is 25.7 Å². The number of anilines is 1. The molecule has 2 saturated heterocycles. The van der Waals surface area contributed by atoms with Gasteiger partial charge in [-0.05, 0) is 6.26 Å². The second-order valence-corrected chi connectivity index (χ2v) is 12.5. The van der Waals surface area contributed by atoms with Gasteiger partial charge >= 0.3 is 15.6 Å². The molecule has 7 atom stereocenters. The zero-order valence-electron chi connectivity index (χ0n) is 18.3. The molecule has 4 rings (SSSR count). The number of nitrogens with zero attached hydrogens (tertiary/aromatic N) is 4. The van der Waals surface area contributed by atoms with Crippen LogP contribution in [0.15, 0.2) is 11.5 Å². The summed E-state index contributed by atoms with van der Waals surface area (Å²) in [6.07, 6.45) is -0.543. The van der Waals surface area contributed by atoms with Gasteiger partial charge in [0, 0.05) is 7.11 Å². The number of hydrogen-bond acceptors (Lipinski definition) is 15. The number of rotatable bonds is 10. The van der Waals surface area contributed by atoms with Crippen LogP contribution in [0.25, 0.3) is 11.2 Å². The summed E-state index contributed by atoms with van der Waals surface area (Å²) in [5.41, 5.74) is 6.60. The molecule has 5 N–H and O–H groups in total. The lowest BCUT2D eigenvalue weighted by molar-refractivity contribution is -0.256. The summed E-state index contributed by atoms with van der Waals surface area (Å²) in [7, 11) is -9.31. The molecule has 18 nitrogen and oxygen atoms in total. The fraction of sp³-hybridized carbons (Fsp3) is 0.615. The van der Waals surface area contributed by atoms with E-state index in [1.165, 1.54) is 29.8 Å². The Labute approximate surface area is 207 Å². The van der Waals surface area contributed by atoms with Crippen molar-refractivity contribution in [3.05, 3.63) is 6.33 Å². The molecule has 199 valence electrons. The quantitative estimate of drug-likeness (QED) is 0.126. The minimum atomic E-state index is -5.56. The second-order valence-electron chi connectivity index (χ2n) is 7.17. The van der Waals surface area contributed by atoms with Crippen LogP contribution in [-0.2, 0) is 45.8 Å². The van der Waals surface area contributed by atoms with Crippen LogP contribution in [0, 0.1) is 0 Å². The highest BCUT2D eigenvalue weighted by atomic mass is 32.2. The van der Waals surface area contributed by atoms with Crippen LogP contribution in [0.5, 0.6) is 0 Å². The summed E-state index contributed by atoms with van der Waals surface area (Å²) in [5.74, 6) is 0.142. The molecule has 2 fully saturated rings. The number of nitrogens with two attached hydrogens (primary N) is 1. The largest absolute Gasteiger partial charge is 0.485 e. The standard InChI is InChI=1S/C13H19BN5O13P3S/c1-26-13-29-7-5(3-27-33(14,20)31-35(24,25)32-34(21,22)23)28-11(8(7)30-13)19-4-16-6-9(15)17-12(36-2)18-10(6)19/h4-5,7-8,11,13H,3H2,1-2H3,(H,24,25)(H2,15,17,18)(H2,21,22,23)/q-1/t5-,7-,8-,11-,13?,33?/m1/s1. The number of thioether (sulfide) groups is 1.